The first-order valence-electron chi connectivity index (χ1n) is 6.55. The normalized spacial score (nSPS) is 11.9. The summed E-state index contributed by atoms with van der Waals surface area (Å²) in [5.41, 5.74) is 0.800. The van der Waals surface area contributed by atoms with Crippen LogP contribution in [0.15, 0.2) is 42.7 Å². The lowest BCUT2D eigenvalue weighted by atomic mass is 10.1. The van der Waals surface area contributed by atoms with Crippen LogP contribution >= 0.6 is 0 Å². The molecule has 1 atom stereocenters. The average Bonchev–Trinajstić information content (AvgIpc) is 2.53. The molecule has 1 heterocycles. The molecule has 0 aliphatic heterocycles. The van der Waals surface area contributed by atoms with Gasteiger partial charge in [0, 0.05) is 18.8 Å². The fraction of sp³-hybridized carbons (Fsp3) is 0.333. The predicted molar refractivity (Wildman–Crippen MR) is 76.9 cm³/mol. The maximum Gasteiger partial charge on any atom is 0.236 e. The molecule has 1 aromatic heterocycles. The van der Waals surface area contributed by atoms with E-state index in [1.54, 1.807) is 19.5 Å². The van der Waals surface area contributed by atoms with Gasteiger partial charge >= 0.3 is 0 Å². The van der Waals surface area contributed by atoms with Gasteiger partial charge in [-0.2, -0.15) is 0 Å². The van der Waals surface area contributed by atoms with Crippen LogP contribution in [0.2, 0.25) is 0 Å². The number of hydrogen-bond acceptors (Lipinski definition) is 5. The van der Waals surface area contributed by atoms with Gasteiger partial charge < -0.3 is 14.8 Å². The van der Waals surface area contributed by atoms with Crippen molar-refractivity contribution in [2.45, 2.75) is 12.5 Å². The quantitative estimate of drug-likeness (QED) is 0.838. The molecule has 0 bridgehead atoms. The van der Waals surface area contributed by atoms with Crippen molar-refractivity contribution >= 4 is 0 Å². The molecule has 20 heavy (non-hydrogen) atoms. The molecule has 2 rings (SSSR count). The minimum absolute atomic E-state index is 0.0439. The van der Waals surface area contributed by atoms with E-state index in [1.807, 2.05) is 37.4 Å². The van der Waals surface area contributed by atoms with Crippen LogP contribution in [0.25, 0.3) is 0 Å². The van der Waals surface area contributed by atoms with Gasteiger partial charge in [0.1, 0.15) is 11.4 Å². The summed E-state index contributed by atoms with van der Waals surface area (Å²) in [6.07, 6.45) is 4.07. The smallest absolute Gasteiger partial charge is 0.236 e. The van der Waals surface area contributed by atoms with Gasteiger partial charge in [0.25, 0.3) is 0 Å². The number of nitrogens with zero attached hydrogens (tertiary/aromatic N) is 2. The molecule has 1 aromatic carbocycles. The maximum atomic E-state index is 5.70. The zero-order chi connectivity index (χ0) is 14.2. The molecule has 1 unspecified atom stereocenters. The lowest BCUT2D eigenvalue weighted by Gasteiger charge is -2.17. The van der Waals surface area contributed by atoms with Crippen molar-refractivity contribution < 1.29 is 9.47 Å². The van der Waals surface area contributed by atoms with E-state index in [9.17, 15) is 0 Å². The Balaban J connectivity index is 1.95. The standard InChI is InChI=1S/C15H19N3O2/c1-16-13(14-15(19-2)18-10-9-17-14)8-11-20-12-6-4-3-5-7-12/h3-7,9-10,13,16H,8,11H2,1-2H3. The van der Waals surface area contributed by atoms with Crippen molar-refractivity contribution in [1.82, 2.24) is 15.3 Å². The molecule has 0 radical (unpaired) electrons. The Morgan fingerprint density at radius 2 is 1.90 bits per heavy atom. The van der Waals surface area contributed by atoms with Gasteiger partial charge in [-0.25, -0.2) is 4.98 Å². The molecule has 2 aromatic rings. The molecule has 0 amide bonds. The van der Waals surface area contributed by atoms with Crippen LogP contribution in [0.5, 0.6) is 11.6 Å². The summed E-state index contributed by atoms with van der Waals surface area (Å²) in [7, 11) is 3.49. The number of nitrogens with one attached hydrogen (secondary N) is 1. The van der Waals surface area contributed by atoms with Crippen LogP contribution in [0.4, 0.5) is 0 Å². The SMILES string of the molecule is CNC(CCOc1ccccc1)c1nccnc1OC. The second-order valence-corrected chi connectivity index (χ2v) is 4.24. The van der Waals surface area contributed by atoms with Crippen LogP contribution in [0.1, 0.15) is 18.2 Å². The Bertz CT molecular complexity index is 520. The van der Waals surface area contributed by atoms with E-state index in [0.29, 0.717) is 12.5 Å². The third-order valence-electron chi connectivity index (χ3n) is 2.98. The van der Waals surface area contributed by atoms with Gasteiger partial charge in [-0.15, -0.1) is 0 Å². The maximum absolute atomic E-state index is 5.70. The van der Waals surface area contributed by atoms with Crippen molar-refractivity contribution in [2.75, 3.05) is 20.8 Å². The van der Waals surface area contributed by atoms with Crippen LogP contribution in [0, 0.1) is 0 Å². The van der Waals surface area contributed by atoms with Gasteiger partial charge in [0.15, 0.2) is 0 Å². The number of methoxy groups -OCH3 is 1. The van der Waals surface area contributed by atoms with Crippen molar-refractivity contribution in [2.24, 2.45) is 0 Å². The highest BCUT2D eigenvalue weighted by atomic mass is 16.5. The van der Waals surface area contributed by atoms with Crippen molar-refractivity contribution in [1.29, 1.82) is 0 Å². The third-order valence-corrected chi connectivity index (χ3v) is 2.98. The van der Waals surface area contributed by atoms with Crippen LogP contribution in [-0.4, -0.2) is 30.7 Å². The molecular weight excluding hydrogens is 254 g/mol. The fourth-order valence-corrected chi connectivity index (χ4v) is 1.96. The minimum Gasteiger partial charge on any atom is -0.494 e. The van der Waals surface area contributed by atoms with Gasteiger partial charge in [0.05, 0.1) is 19.8 Å². The molecule has 106 valence electrons. The average molecular weight is 273 g/mol. The first-order valence-corrected chi connectivity index (χ1v) is 6.55. The molecule has 0 aliphatic carbocycles. The van der Waals surface area contributed by atoms with Crippen LogP contribution in [0.3, 0.4) is 0 Å². The Morgan fingerprint density at radius 3 is 2.60 bits per heavy atom. The Hall–Kier alpha value is -2.14. The zero-order valence-corrected chi connectivity index (χ0v) is 11.7. The van der Waals surface area contributed by atoms with Crippen LogP contribution < -0.4 is 14.8 Å². The van der Waals surface area contributed by atoms with Gasteiger partial charge in [-0.1, -0.05) is 18.2 Å². The van der Waals surface area contributed by atoms with Gasteiger partial charge in [-0.3, -0.25) is 4.98 Å². The third kappa shape index (κ3) is 3.68. The molecule has 0 aliphatic rings. The molecule has 1 N–H and O–H groups in total. The molecule has 0 saturated heterocycles. The number of ether oxygens (including phenoxy) is 2. The Morgan fingerprint density at radius 1 is 1.15 bits per heavy atom. The van der Waals surface area contributed by atoms with Crippen molar-refractivity contribution in [3.05, 3.63) is 48.4 Å². The van der Waals surface area contributed by atoms with E-state index in [-0.39, 0.29) is 6.04 Å². The highest BCUT2D eigenvalue weighted by molar-refractivity contribution is 5.22. The van der Waals surface area contributed by atoms with E-state index < -0.39 is 0 Å². The lowest BCUT2D eigenvalue weighted by molar-refractivity contribution is 0.285. The van der Waals surface area contributed by atoms with Gasteiger partial charge in [-0.05, 0) is 19.2 Å². The summed E-state index contributed by atoms with van der Waals surface area (Å²) < 4.78 is 10.9. The van der Waals surface area contributed by atoms with Crippen molar-refractivity contribution in [3.63, 3.8) is 0 Å². The monoisotopic (exact) mass is 273 g/mol. The number of aromatic nitrogens is 2. The Kier molecular flexibility index (Phi) is 5.32. The second kappa shape index (κ2) is 7.45. The highest BCUT2D eigenvalue weighted by Gasteiger charge is 2.16. The van der Waals surface area contributed by atoms with E-state index in [4.69, 9.17) is 9.47 Å². The highest BCUT2D eigenvalue weighted by Crippen LogP contribution is 2.22. The summed E-state index contributed by atoms with van der Waals surface area (Å²) in [6.45, 7) is 0.593. The summed E-state index contributed by atoms with van der Waals surface area (Å²) in [5, 5.41) is 3.22. The summed E-state index contributed by atoms with van der Waals surface area (Å²) in [6, 6.07) is 9.80. The second-order valence-electron chi connectivity index (χ2n) is 4.24. The fourth-order valence-electron chi connectivity index (χ4n) is 1.96. The van der Waals surface area contributed by atoms with E-state index >= 15 is 0 Å². The molecule has 5 nitrogen and oxygen atoms in total. The minimum atomic E-state index is 0.0439. The topological polar surface area (TPSA) is 56.3 Å². The number of para-hydroxylation sites is 1. The molecular formula is C15H19N3O2. The first kappa shape index (κ1) is 14.3. The zero-order valence-electron chi connectivity index (χ0n) is 11.7. The lowest BCUT2D eigenvalue weighted by Crippen LogP contribution is -2.21. The van der Waals surface area contributed by atoms with Crippen LogP contribution in [-0.2, 0) is 0 Å². The molecule has 0 saturated carbocycles. The van der Waals surface area contributed by atoms with E-state index in [1.165, 1.54) is 0 Å². The Labute approximate surface area is 119 Å². The molecule has 0 spiro atoms. The summed E-state index contributed by atoms with van der Waals surface area (Å²) in [4.78, 5) is 8.51. The van der Waals surface area contributed by atoms with E-state index in [0.717, 1.165) is 17.9 Å². The number of benzene rings is 1. The van der Waals surface area contributed by atoms with Crippen molar-refractivity contribution in [3.8, 4) is 11.6 Å². The summed E-state index contributed by atoms with van der Waals surface area (Å²) in [5.74, 6) is 1.42. The predicted octanol–water partition coefficient (Wildman–Crippen LogP) is 2.21. The first-order chi connectivity index (χ1) is 9.85. The van der Waals surface area contributed by atoms with Gasteiger partial charge in [0.2, 0.25) is 5.88 Å². The molecule has 5 heteroatoms. The largest absolute Gasteiger partial charge is 0.494 e. The summed E-state index contributed by atoms with van der Waals surface area (Å²) >= 11 is 0. The molecule has 0 fully saturated rings. The van der Waals surface area contributed by atoms with E-state index in [2.05, 4.69) is 15.3 Å². The number of hydrogen-bond donors (Lipinski definition) is 1. The number of rotatable bonds is 7.